The zero-order valence-electron chi connectivity index (χ0n) is 22.3. The Morgan fingerprint density at radius 1 is 0.854 bits per heavy atom. The SMILES string of the molecule is Cc1ccc(N2C(=O)[C@@H]3[C@H]4C[C@@H]([C@@H]3C2=O)[C@@H]2[C@@H](c3ccc(Cl)cc3)c3sc(=O)n(Cc5ccccc5)c3S[C@H]42)cc1. The first-order valence-electron chi connectivity index (χ1n) is 14.0. The minimum Gasteiger partial charge on any atom is -0.289 e. The zero-order chi connectivity index (χ0) is 28.0. The average Bonchev–Trinajstić information content (AvgIpc) is 3.69. The quantitative estimate of drug-likeness (QED) is 0.248. The van der Waals surface area contributed by atoms with Crippen molar-refractivity contribution in [2.24, 2.45) is 29.6 Å². The highest BCUT2D eigenvalue weighted by molar-refractivity contribution is 8.00. The number of imide groups is 1. The standard InChI is InChI=1S/C33H27ClN2O3S2/c1-17-7-13-21(14-8-17)36-30(37)26-22-15-23(27(26)31(36)38)28-25(22)24(19-9-11-20(34)12-10-19)29-32(40-28)35(33(39)41-29)16-18-5-3-2-4-6-18/h2-14,22-28H,15-16H2,1H3/t22-,23-,24-,25-,26+,27-,28-/m1/s1. The van der Waals surface area contributed by atoms with Crippen molar-refractivity contribution < 1.29 is 9.59 Å². The largest absolute Gasteiger partial charge is 0.308 e. The molecule has 41 heavy (non-hydrogen) atoms. The van der Waals surface area contributed by atoms with E-state index in [9.17, 15) is 14.4 Å². The van der Waals surface area contributed by atoms with E-state index in [0.29, 0.717) is 17.3 Å². The molecule has 7 atom stereocenters. The number of fused-ring (bicyclic) bond motifs is 9. The summed E-state index contributed by atoms with van der Waals surface area (Å²) in [5, 5.41) is 1.84. The summed E-state index contributed by atoms with van der Waals surface area (Å²) in [5.74, 6) is -0.407. The van der Waals surface area contributed by atoms with Gasteiger partial charge in [-0.2, -0.15) is 0 Å². The van der Waals surface area contributed by atoms with E-state index in [0.717, 1.165) is 33.0 Å². The topological polar surface area (TPSA) is 59.4 Å². The van der Waals surface area contributed by atoms with Crippen LogP contribution in [0.5, 0.6) is 0 Å². The molecule has 206 valence electrons. The molecule has 4 aliphatic rings. The first-order chi connectivity index (χ1) is 19.9. The lowest BCUT2D eigenvalue weighted by Crippen LogP contribution is -2.43. The summed E-state index contributed by atoms with van der Waals surface area (Å²) in [5.41, 5.74) is 3.96. The number of thioether (sulfide) groups is 1. The lowest BCUT2D eigenvalue weighted by Gasteiger charge is -2.43. The molecule has 0 N–H and O–H groups in total. The number of hydrogen-bond acceptors (Lipinski definition) is 5. The number of nitrogens with zero attached hydrogens (tertiary/aromatic N) is 2. The number of halogens is 1. The first kappa shape index (κ1) is 25.6. The second-order valence-electron chi connectivity index (χ2n) is 11.8. The third-order valence-corrected chi connectivity index (χ3v) is 12.7. The van der Waals surface area contributed by atoms with Crippen LogP contribution in [0.3, 0.4) is 0 Å². The van der Waals surface area contributed by atoms with Crippen molar-refractivity contribution in [3.63, 3.8) is 0 Å². The summed E-state index contributed by atoms with van der Waals surface area (Å²) < 4.78 is 1.92. The van der Waals surface area contributed by atoms with Gasteiger partial charge >= 0.3 is 4.87 Å². The van der Waals surface area contributed by atoms with E-state index >= 15 is 0 Å². The van der Waals surface area contributed by atoms with Gasteiger partial charge in [-0.05, 0) is 66.5 Å². The van der Waals surface area contributed by atoms with Crippen molar-refractivity contribution in [3.05, 3.63) is 115 Å². The van der Waals surface area contributed by atoms with E-state index in [1.165, 1.54) is 16.2 Å². The Kier molecular flexibility index (Phi) is 5.89. The van der Waals surface area contributed by atoms with E-state index in [4.69, 9.17) is 11.6 Å². The molecule has 5 nitrogen and oxygen atoms in total. The van der Waals surface area contributed by atoms with E-state index in [2.05, 4.69) is 12.1 Å². The number of carbonyl (C=O) groups excluding carboxylic acids is 2. The van der Waals surface area contributed by atoms with Gasteiger partial charge in [0.2, 0.25) is 11.8 Å². The third-order valence-electron chi connectivity index (χ3n) is 9.65. The van der Waals surface area contributed by atoms with Crippen LogP contribution in [-0.2, 0) is 16.1 Å². The summed E-state index contributed by atoms with van der Waals surface area (Å²) in [7, 11) is 0. The van der Waals surface area contributed by atoms with E-state index in [-0.39, 0.29) is 57.4 Å². The van der Waals surface area contributed by atoms with Gasteiger partial charge in [0.25, 0.3) is 0 Å². The molecule has 2 amide bonds. The monoisotopic (exact) mass is 598 g/mol. The second-order valence-corrected chi connectivity index (χ2v) is 14.4. The van der Waals surface area contributed by atoms with Crippen LogP contribution >= 0.6 is 34.7 Å². The Hall–Kier alpha value is -3.13. The fourth-order valence-electron chi connectivity index (χ4n) is 8.01. The van der Waals surface area contributed by atoms with Gasteiger partial charge in [0.15, 0.2) is 0 Å². The van der Waals surface area contributed by atoms with Crippen LogP contribution in [0.25, 0.3) is 0 Å². The molecule has 8 rings (SSSR count). The lowest BCUT2D eigenvalue weighted by atomic mass is 9.68. The molecule has 2 aliphatic heterocycles. The van der Waals surface area contributed by atoms with Crippen LogP contribution in [0.15, 0.2) is 88.7 Å². The van der Waals surface area contributed by atoms with Gasteiger partial charge in [0, 0.05) is 21.1 Å². The van der Waals surface area contributed by atoms with Crippen LogP contribution in [0.4, 0.5) is 5.69 Å². The zero-order valence-corrected chi connectivity index (χ0v) is 24.7. The Labute approximate surface area is 251 Å². The molecule has 3 aromatic carbocycles. The van der Waals surface area contributed by atoms with E-state index < -0.39 is 0 Å². The number of aryl methyl sites for hydroxylation is 1. The van der Waals surface area contributed by atoms with E-state index in [1.807, 2.05) is 78.2 Å². The fourth-order valence-corrected chi connectivity index (χ4v) is 11.3. The van der Waals surface area contributed by atoms with Gasteiger partial charge in [-0.25, -0.2) is 0 Å². The highest BCUT2D eigenvalue weighted by atomic mass is 35.5. The number of carbonyl (C=O) groups is 2. The third kappa shape index (κ3) is 3.78. The molecular formula is C33H27ClN2O3S2. The molecule has 4 aromatic rings. The van der Waals surface area contributed by atoms with Gasteiger partial charge < -0.3 is 0 Å². The highest BCUT2D eigenvalue weighted by Crippen LogP contribution is 2.69. The van der Waals surface area contributed by atoms with Crippen molar-refractivity contribution in [1.29, 1.82) is 0 Å². The molecule has 1 saturated heterocycles. The van der Waals surface area contributed by atoms with Gasteiger partial charge in [-0.15, -0.1) is 11.8 Å². The molecule has 2 bridgehead atoms. The Morgan fingerprint density at radius 2 is 1.54 bits per heavy atom. The lowest BCUT2D eigenvalue weighted by molar-refractivity contribution is -0.123. The molecule has 3 fully saturated rings. The number of amides is 2. The second kappa shape index (κ2) is 9.45. The van der Waals surface area contributed by atoms with Gasteiger partial charge in [0.1, 0.15) is 0 Å². The number of rotatable bonds is 4. The smallest absolute Gasteiger partial charge is 0.289 e. The summed E-state index contributed by atoms with van der Waals surface area (Å²) in [4.78, 5) is 44.0. The summed E-state index contributed by atoms with van der Waals surface area (Å²) in [6, 6.07) is 25.7. The maximum Gasteiger partial charge on any atom is 0.308 e. The number of hydrogen-bond donors (Lipinski definition) is 0. The van der Waals surface area contributed by atoms with Crippen molar-refractivity contribution in [2.75, 3.05) is 4.90 Å². The minimum absolute atomic E-state index is 0.0180. The molecule has 8 heteroatoms. The number of thiazole rings is 1. The van der Waals surface area contributed by atoms with Crippen LogP contribution < -0.4 is 9.77 Å². The molecule has 0 unspecified atom stereocenters. The molecular weight excluding hydrogens is 572 g/mol. The van der Waals surface area contributed by atoms with Crippen molar-refractivity contribution in [3.8, 4) is 0 Å². The molecule has 0 spiro atoms. The summed E-state index contributed by atoms with van der Waals surface area (Å²) in [6.07, 6.45) is 0.874. The Morgan fingerprint density at radius 3 is 2.24 bits per heavy atom. The highest BCUT2D eigenvalue weighted by Gasteiger charge is 2.69. The van der Waals surface area contributed by atoms with Gasteiger partial charge in [0.05, 0.1) is 29.1 Å². The number of benzene rings is 3. The number of anilines is 1. The molecule has 2 aliphatic carbocycles. The summed E-state index contributed by atoms with van der Waals surface area (Å²) >= 11 is 9.41. The maximum absolute atomic E-state index is 14.0. The summed E-state index contributed by atoms with van der Waals surface area (Å²) in [6.45, 7) is 2.52. The first-order valence-corrected chi connectivity index (χ1v) is 16.1. The van der Waals surface area contributed by atoms with Crippen molar-refractivity contribution in [2.45, 2.75) is 36.1 Å². The molecule has 3 heterocycles. The Bertz CT molecular complexity index is 1750. The Balaban J connectivity index is 1.23. The van der Waals surface area contributed by atoms with Crippen LogP contribution in [0, 0.1) is 36.5 Å². The van der Waals surface area contributed by atoms with E-state index in [1.54, 1.807) is 11.8 Å². The molecule has 2 saturated carbocycles. The minimum atomic E-state index is -0.310. The average molecular weight is 599 g/mol. The van der Waals surface area contributed by atoms with Crippen molar-refractivity contribution in [1.82, 2.24) is 4.57 Å². The normalized spacial score (nSPS) is 29.5. The van der Waals surface area contributed by atoms with Crippen LogP contribution in [0.2, 0.25) is 5.02 Å². The number of aromatic nitrogens is 1. The molecule has 0 radical (unpaired) electrons. The molecule has 1 aromatic heterocycles. The predicted molar refractivity (Wildman–Crippen MR) is 163 cm³/mol. The van der Waals surface area contributed by atoms with Crippen molar-refractivity contribution >= 4 is 52.2 Å². The fraction of sp³-hybridized carbons (Fsp3) is 0.303. The maximum atomic E-state index is 14.0. The van der Waals surface area contributed by atoms with Gasteiger partial charge in [-0.1, -0.05) is 83.1 Å². The van der Waals surface area contributed by atoms with Gasteiger partial charge in [-0.3, -0.25) is 23.9 Å². The van der Waals surface area contributed by atoms with Crippen LogP contribution in [0.1, 0.15) is 33.9 Å². The predicted octanol–water partition coefficient (Wildman–Crippen LogP) is 6.60. The van der Waals surface area contributed by atoms with Crippen LogP contribution in [-0.4, -0.2) is 21.6 Å².